The van der Waals surface area contributed by atoms with Gasteiger partial charge in [0.2, 0.25) is 5.91 Å². The highest BCUT2D eigenvalue weighted by Crippen LogP contribution is 2.21. The van der Waals surface area contributed by atoms with Gasteiger partial charge in [0, 0.05) is 25.3 Å². The van der Waals surface area contributed by atoms with Gasteiger partial charge in [0.15, 0.2) is 0 Å². The monoisotopic (exact) mass is 277 g/mol. The molecule has 0 radical (unpaired) electrons. The van der Waals surface area contributed by atoms with Crippen LogP contribution in [0.15, 0.2) is 18.2 Å². The summed E-state index contributed by atoms with van der Waals surface area (Å²) in [7, 11) is 0. The minimum absolute atomic E-state index is 0.0745. The summed E-state index contributed by atoms with van der Waals surface area (Å²) in [5.41, 5.74) is 3.63. The fourth-order valence-electron chi connectivity index (χ4n) is 2.25. The highest BCUT2D eigenvalue weighted by atomic mass is 16.2. The van der Waals surface area contributed by atoms with Crippen molar-refractivity contribution in [3.05, 3.63) is 29.3 Å². The summed E-state index contributed by atoms with van der Waals surface area (Å²) in [5, 5.41) is 6.17. The van der Waals surface area contributed by atoms with E-state index in [-0.39, 0.29) is 5.91 Å². The first-order chi connectivity index (χ1) is 9.62. The maximum Gasteiger partial charge on any atom is 0.239 e. The molecule has 0 atom stereocenters. The molecule has 0 fully saturated rings. The molecule has 0 saturated carbocycles. The molecule has 4 nitrogen and oxygen atoms in total. The molecule has 1 amide bonds. The lowest BCUT2D eigenvalue weighted by Crippen LogP contribution is -2.37. The van der Waals surface area contributed by atoms with Crippen molar-refractivity contribution in [2.24, 2.45) is 0 Å². The first-order valence-electron chi connectivity index (χ1n) is 7.44. The molecular formula is C16H27N3O. The average molecular weight is 277 g/mol. The van der Waals surface area contributed by atoms with E-state index >= 15 is 0 Å². The minimum atomic E-state index is 0.0745. The highest BCUT2D eigenvalue weighted by molar-refractivity contribution is 5.81. The van der Waals surface area contributed by atoms with Gasteiger partial charge in [-0.3, -0.25) is 4.79 Å². The van der Waals surface area contributed by atoms with Crippen molar-refractivity contribution in [3.8, 4) is 0 Å². The van der Waals surface area contributed by atoms with E-state index in [1.165, 1.54) is 11.1 Å². The first kappa shape index (κ1) is 16.5. The van der Waals surface area contributed by atoms with Crippen molar-refractivity contribution in [2.75, 3.05) is 31.1 Å². The molecule has 0 aliphatic heterocycles. The maximum atomic E-state index is 11.7. The Balaban J connectivity index is 2.79. The molecule has 0 unspecified atom stereocenters. The van der Waals surface area contributed by atoms with E-state index in [9.17, 15) is 4.79 Å². The summed E-state index contributed by atoms with van der Waals surface area (Å²) < 4.78 is 0. The molecule has 0 aliphatic rings. The number of nitrogens with one attached hydrogen (secondary N) is 2. The van der Waals surface area contributed by atoms with Crippen LogP contribution in [0, 0.1) is 6.92 Å². The third kappa shape index (κ3) is 4.85. The number of carbonyl (C=O) groups excluding carboxylic acids is 1. The number of nitrogens with zero attached hydrogens (tertiary/aromatic N) is 1. The van der Waals surface area contributed by atoms with Gasteiger partial charge in [-0.25, -0.2) is 0 Å². The molecule has 2 N–H and O–H groups in total. The zero-order chi connectivity index (χ0) is 15.0. The largest absolute Gasteiger partial charge is 0.362 e. The zero-order valence-electron chi connectivity index (χ0n) is 13.1. The van der Waals surface area contributed by atoms with Gasteiger partial charge in [-0.2, -0.15) is 0 Å². The Labute approximate surface area is 122 Å². The van der Waals surface area contributed by atoms with Gasteiger partial charge in [-0.1, -0.05) is 19.1 Å². The van der Waals surface area contributed by atoms with E-state index in [0.717, 1.165) is 25.3 Å². The zero-order valence-corrected chi connectivity index (χ0v) is 13.1. The van der Waals surface area contributed by atoms with Gasteiger partial charge in [0.05, 0.1) is 6.54 Å². The minimum Gasteiger partial charge on any atom is -0.362 e. The van der Waals surface area contributed by atoms with Crippen LogP contribution in [0.4, 0.5) is 5.69 Å². The number of amides is 1. The molecule has 1 aromatic carbocycles. The van der Waals surface area contributed by atoms with Gasteiger partial charge >= 0.3 is 0 Å². The Morgan fingerprint density at radius 1 is 1.20 bits per heavy atom. The molecule has 4 heteroatoms. The second-order valence-corrected chi connectivity index (χ2v) is 4.87. The van der Waals surface area contributed by atoms with Crippen molar-refractivity contribution in [1.82, 2.24) is 10.6 Å². The molecule has 112 valence electrons. The van der Waals surface area contributed by atoms with Crippen LogP contribution in [0.2, 0.25) is 0 Å². The number of hydrogen-bond acceptors (Lipinski definition) is 3. The van der Waals surface area contributed by atoms with Crippen LogP contribution < -0.4 is 15.5 Å². The lowest BCUT2D eigenvalue weighted by Gasteiger charge is -2.24. The van der Waals surface area contributed by atoms with E-state index in [1.54, 1.807) is 0 Å². The van der Waals surface area contributed by atoms with E-state index in [2.05, 4.69) is 54.5 Å². The number of rotatable bonds is 8. The Bertz CT molecular complexity index is 432. The predicted octanol–water partition coefficient (Wildman–Crippen LogP) is 2.07. The van der Waals surface area contributed by atoms with Crippen molar-refractivity contribution < 1.29 is 4.79 Å². The Morgan fingerprint density at radius 2 is 1.95 bits per heavy atom. The smallest absolute Gasteiger partial charge is 0.239 e. The molecule has 0 heterocycles. The number of carbonyl (C=O) groups is 1. The number of aryl methyl sites for hydroxylation is 1. The van der Waals surface area contributed by atoms with Gasteiger partial charge in [0.1, 0.15) is 0 Å². The predicted molar refractivity (Wildman–Crippen MR) is 85.1 cm³/mol. The molecule has 1 aromatic rings. The number of hydrogen-bond donors (Lipinski definition) is 2. The van der Waals surface area contributed by atoms with Crippen molar-refractivity contribution in [2.45, 2.75) is 34.2 Å². The van der Waals surface area contributed by atoms with Gasteiger partial charge < -0.3 is 15.5 Å². The summed E-state index contributed by atoms with van der Waals surface area (Å²) in [4.78, 5) is 13.9. The second kappa shape index (κ2) is 8.59. The average Bonchev–Trinajstić information content (AvgIpc) is 2.43. The molecule has 20 heavy (non-hydrogen) atoms. The van der Waals surface area contributed by atoms with E-state index in [4.69, 9.17) is 0 Å². The van der Waals surface area contributed by atoms with Crippen LogP contribution in [0.25, 0.3) is 0 Å². The topological polar surface area (TPSA) is 44.4 Å². The molecule has 0 saturated heterocycles. The third-order valence-electron chi connectivity index (χ3n) is 3.27. The van der Waals surface area contributed by atoms with Crippen LogP contribution in [0.1, 0.15) is 31.9 Å². The summed E-state index contributed by atoms with van der Waals surface area (Å²) >= 11 is 0. The second-order valence-electron chi connectivity index (χ2n) is 4.87. The fraction of sp³-hybridized carbons (Fsp3) is 0.562. The number of likely N-dealkylation sites (N-methyl/N-ethyl adjacent to an activating group) is 2. The summed E-state index contributed by atoms with van der Waals surface area (Å²) in [6, 6.07) is 6.44. The van der Waals surface area contributed by atoms with Crippen LogP contribution in [-0.2, 0) is 11.3 Å². The SMILES string of the molecule is CCNCc1ccc(N(CC)CC(=O)NCC)c(C)c1. The molecule has 0 spiro atoms. The summed E-state index contributed by atoms with van der Waals surface area (Å²) in [5.74, 6) is 0.0745. The standard InChI is InChI=1S/C16H27N3O/c1-5-17-11-14-8-9-15(13(4)10-14)19(7-3)12-16(20)18-6-2/h8-10,17H,5-7,11-12H2,1-4H3,(H,18,20). The van der Waals surface area contributed by atoms with Crippen LogP contribution in [0.5, 0.6) is 0 Å². The lowest BCUT2D eigenvalue weighted by atomic mass is 10.1. The molecule has 0 aromatic heterocycles. The lowest BCUT2D eigenvalue weighted by molar-refractivity contribution is -0.119. The number of anilines is 1. The third-order valence-corrected chi connectivity index (χ3v) is 3.27. The van der Waals surface area contributed by atoms with Gasteiger partial charge in [-0.15, -0.1) is 0 Å². The Hall–Kier alpha value is -1.55. The van der Waals surface area contributed by atoms with Crippen molar-refractivity contribution in [1.29, 1.82) is 0 Å². The van der Waals surface area contributed by atoms with Crippen molar-refractivity contribution in [3.63, 3.8) is 0 Å². The van der Waals surface area contributed by atoms with Crippen molar-refractivity contribution >= 4 is 11.6 Å². The van der Waals surface area contributed by atoms with Crippen LogP contribution in [-0.4, -0.2) is 32.1 Å². The highest BCUT2D eigenvalue weighted by Gasteiger charge is 2.11. The van der Waals surface area contributed by atoms with Crippen LogP contribution >= 0.6 is 0 Å². The maximum absolute atomic E-state index is 11.7. The molecular weight excluding hydrogens is 250 g/mol. The first-order valence-corrected chi connectivity index (χ1v) is 7.44. The quantitative estimate of drug-likeness (QED) is 0.764. The Morgan fingerprint density at radius 3 is 2.50 bits per heavy atom. The van der Waals surface area contributed by atoms with E-state index < -0.39 is 0 Å². The molecule has 1 rings (SSSR count). The van der Waals surface area contributed by atoms with E-state index in [0.29, 0.717) is 13.1 Å². The fourth-order valence-corrected chi connectivity index (χ4v) is 2.25. The van der Waals surface area contributed by atoms with Crippen LogP contribution in [0.3, 0.4) is 0 Å². The molecule has 0 bridgehead atoms. The molecule has 0 aliphatic carbocycles. The Kier molecular flexibility index (Phi) is 7.09. The normalized spacial score (nSPS) is 10.4. The van der Waals surface area contributed by atoms with E-state index in [1.807, 2.05) is 6.92 Å². The summed E-state index contributed by atoms with van der Waals surface area (Å²) in [6.07, 6.45) is 0. The number of benzene rings is 1. The van der Waals surface area contributed by atoms with Gasteiger partial charge in [0.25, 0.3) is 0 Å². The summed E-state index contributed by atoms with van der Waals surface area (Å²) in [6.45, 7) is 12.0. The van der Waals surface area contributed by atoms with Gasteiger partial charge in [-0.05, 0) is 44.5 Å².